The number of hydrogen-bond donors (Lipinski definition) is 1. The lowest BCUT2D eigenvalue weighted by atomic mass is 10.1. The van der Waals surface area contributed by atoms with Crippen LogP contribution in [0.4, 0.5) is 11.4 Å². The fraction of sp³-hybridized carbons (Fsp3) is 0.222. The number of hydrogen-bond acceptors (Lipinski definition) is 4. The molecule has 0 radical (unpaired) electrons. The largest absolute Gasteiger partial charge is 0.481 e. The molecule has 0 saturated carbocycles. The van der Waals surface area contributed by atoms with Crippen LogP contribution in [0.15, 0.2) is 41.3 Å². The minimum atomic E-state index is -0.0925. The molecule has 0 aromatic heterocycles. The Morgan fingerprint density at radius 2 is 2.00 bits per heavy atom. The number of nitrogens with one attached hydrogen (secondary N) is 1. The summed E-state index contributed by atoms with van der Waals surface area (Å²) >= 11 is 7.54. The molecule has 0 bridgehead atoms. The SMILES string of the molecule is O=C1CCSc2cc3c(cc2N1)OCC(=O)N3Cc1ccc(Cl)cc1. The summed E-state index contributed by atoms with van der Waals surface area (Å²) in [7, 11) is 0. The van der Waals surface area contributed by atoms with Crippen LogP contribution in [0.5, 0.6) is 5.75 Å². The number of rotatable bonds is 2. The number of amides is 2. The molecule has 2 aromatic carbocycles. The third-order valence-electron chi connectivity index (χ3n) is 4.12. The second-order valence-corrected chi connectivity index (χ2v) is 7.43. The average Bonchev–Trinajstić information content (AvgIpc) is 2.78. The Balaban J connectivity index is 1.70. The first-order valence-electron chi connectivity index (χ1n) is 7.88. The summed E-state index contributed by atoms with van der Waals surface area (Å²) in [6.07, 6.45) is 0.471. The number of carbonyl (C=O) groups is 2. The van der Waals surface area contributed by atoms with Crippen molar-refractivity contribution in [3.05, 3.63) is 47.0 Å². The summed E-state index contributed by atoms with van der Waals surface area (Å²) in [6.45, 7) is 0.433. The second-order valence-electron chi connectivity index (χ2n) is 5.86. The lowest BCUT2D eigenvalue weighted by molar-refractivity contribution is -0.121. The first-order valence-corrected chi connectivity index (χ1v) is 9.25. The van der Waals surface area contributed by atoms with Gasteiger partial charge in [0.15, 0.2) is 6.61 Å². The average molecular weight is 375 g/mol. The van der Waals surface area contributed by atoms with Crippen LogP contribution in [-0.4, -0.2) is 24.2 Å². The van der Waals surface area contributed by atoms with E-state index in [2.05, 4.69) is 5.32 Å². The first-order chi connectivity index (χ1) is 12.1. The second kappa shape index (κ2) is 6.61. The molecular weight excluding hydrogens is 360 g/mol. The number of ether oxygens (including phenoxy) is 1. The summed E-state index contributed by atoms with van der Waals surface area (Å²) in [5, 5.41) is 3.56. The highest BCUT2D eigenvalue weighted by atomic mass is 35.5. The number of nitrogens with zero attached hydrogens (tertiary/aromatic N) is 1. The number of carbonyl (C=O) groups excluding carboxylic acids is 2. The van der Waals surface area contributed by atoms with Crippen LogP contribution in [0.3, 0.4) is 0 Å². The lowest BCUT2D eigenvalue weighted by Gasteiger charge is -2.30. The van der Waals surface area contributed by atoms with E-state index in [0.29, 0.717) is 29.5 Å². The molecule has 2 aliphatic heterocycles. The molecule has 0 spiro atoms. The van der Waals surface area contributed by atoms with Crippen molar-refractivity contribution in [2.75, 3.05) is 22.6 Å². The van der Waals surface area contributed by atoms with Gasteiger partial charge in [0.2, 0.25) is 5.91 Å². The van der Waals surface area contributed by atoms with Gasteiger partial charge < -0.3 is 15.0 Å². The van der Waals surface area contributed by atoms with Crippen molar-refractivity contribution in [1.82, 2.24) is 0 Å². The Kier molecular flexibility index (Phi) is 4.31. The van der Waals surface area contributed by atoms with Gasteiger partial charge in [0.25, 0.3) is 5.91 Å². The monoisotopic (exact) mass is 374 g/mol. The van der Waals surface area contributed by atoms with Crippen molar-refractivity contribution in [2.24, 2.45) is 0 Å². The highest BCUT2D eigenvalue weighted by molar-refractivity contribution is 7.99. The summed E-state index contributed by atoms with van der Waals surface area (Å²) < 4.78 is 5.59. The predicted molar refractivity (Wildman–Crippen MR) is 98.5 cm³/mol. The summed E-state index contributed by atoms with van der Waals surface area (Å²) in [5.74, 6) is 1.22. The van der Waals surface area contributed by atoms with E-state index in [4.69, 9.17) is 16.3 Å². The Morgan fingerprint density at radius 3 is 2.80 bits per heavy atom. The molecular formula is C18H15ClN2O3S. The third kappa shape index (κ3) is 3.32. The van der Waals surface area contributed by atoms with Crippen molar-refractivity contribution in [2.45, 2.75) is 17.9 Å². The van der Waals surface area contributed by atoms with E-state index >= 15 is 0 Å². The minimum absolute atomic E-state index is 0.00361. The van der Waals surface area contributed by atoms with Crippen LogP contribution in [0, 0.1) is 0 Å². The van der Waals surface area contributed by atoms with Gasteiger partial charge in [-0.05, 0) is 23.8 Å². The molecule has 25 heavy (non-hydrogen) atoms. The van der Waals surface area contributed by atoms with Gasteiger partial charge in [-0.15, -0.1) is 11.8 Å². The van der Waals surface area contributed by atoms with Crippen molar-refractivity contribution < 1.29 is 14.3 Å². The maximum atomic E-state index is 12.4. The first kappa shape index (κ1) is 16.3. The van der Waals surface area contributed by atoms with Gasteiger partial charge in [0.1, 0.15) is 5.75 Å². The molecule has 2 amide bonds. The summed E-state index contributed by atoms with van der Waals surface area (Å²) in [6, 6.07) is 11.2. The van der Waals surface area contributed by atoms with Crippen molar-refractivity contribution in [1.29, 1.82) is 0 Å². The van der Waals surface area contributed by atoms with Gasteiger partial charge in [-0.25, -0.2) is 0 Å². The van der Waals surface area contributed by atoms with Gasteiger partial charge in [-0.1, -0.05) is 23.7 Å². The molecule has 0 unspecified atom stereocenters. The van der Waals surface area contributed by atoms with Gasteiger partial charge in [-0.3, -0.25) is 9.59 Å². The number of benzene rings is 2. The quantitative estimate of drug-likeness (QED) is 0.870. The van der Waals surface area contributed by atoms with Gasteiger partial charge in [-0.2, -0.15) is 0 Å². The van der Waals surface area contributed by atoms with Crippen molar-refractivity contribution in [3.8, 4) is 5.75 Å². The van der Waals surface area contributed by atoms with E-state index in [1.165, 1.54) is 0 Å². The molecule has 2 heterocycles. The summed E-state index contributed by atoms with van der Waals surface area (Å²) in [4.78, 5) is 26.8. The van der Waals surface area contributed by atoms with Crippen LogP contribution in [0.1, 0.15) is 12.0 Å². The van der Waals surface area contributed by atoms with E-state index in [1.54, 1.807) is 16.7 Å². The number of halogens is 1. The maximum absolute atomic E-state index is 12.4. The molecule has 1 N–H and O–H groups in total. The highest BCUT2D eigenvalue weighted by Crippen LogP contribution is 2.42. The number of thioether (sulfide) groups is 1. The molecule has 2 aliphatic rings. The van der Waals surface area contributed by atoms with Crippen LogP contribution >= 0.6 is 23.4 Å². The molecule has 4 rings (SSSR count). The van der Waals surface area contributed by atoms with Crippen LogP contribution in [0.2, 0.25) is 5.02 Å². The van der Waals surface area contributed by atoms with E-state index in [9.17, 15) is 9.59 Å². The fourth-order valence-electron chi connectivity index (χ4n) is 2.86. The molecule has 2 aromatic rings. The number of fused-ring (bicyclic) bond motifs is 2. The predicted octanol–water partition coefficient (Wildman–Crippen LogP) is 3.70. The van der Waals surface area contributed by atoms with Crippen molar-refractivity contribution in [3.63, 3.8) is 0 Å². The third-order valence-corrected chi connectivity index (χ3v) is 5.43. The Bertz CT molecular complexity index is 854. The molecule has 0 fully saturated rings. The van der Waals surface area contributed by atoms with Gasteiger partial charge in [0.05, 0.1) is 17.9 Å². The minimum Gasteiger partial charge on any atom is -0.481 e. The van der Waals surface area contributed by atoms with E-state index < -0.39 is 0 Å². The zero-order valence-corrected chi connectivity index (χ0v) is 14.8. The van der Waals surface area contributed by atoms with E-state index in [1.807, 2.05) is 36.4 Å². The molecule has 0 aliphatic carbocycles. The topological polar surface area (TPSA) is 58.6 Å². The molecule has 5 nitrogen and oxygen atoms in total. The van der Waals surface area contributed by atoms with Crippen LogP contribution in [0.25, 0.3) is 0 Å². The Hall–Kier alpha value is -2.18. The highest BCUT2D eigenvalue weighted by Gasteiger charge is 2.28. The standard InChI is InChI=1S/C18H15ClN2O3S/c19-12-3-1-11(2-4-12)9-21-14-8-16-13(20-17(22)5-6-25-16)7-15(14)24-10-18(21)23/h1-4,7-8H,5-6,9-10H2,(H,20,22). The maximum Gasteiger partial charge on any atom is 0.265 e. The van der Waals surface area contributed by atoms with Crippen LogP contribution < -0.4 is 15.0 Å². The fourth-order valence-corrected chi connectivity index (χ4v) is 3.95. The summed E-state index contributed by atoms with van der Waals surface area (Å²) in [5.41, 5.74) is 2.46. The normalized spacial score (nSPS) is 16.4. The Morgan fingerprint density at radius 1 is 1.20 bits per heavy atom. The lowest BCUT2D eigenvalue weighted by Crippen LogP contribution is -2.38. The van der Waals surface area contributed by atoms with E-state index in [-0.39, 0.29) is 18.4 Å². The van der Waals surface area contributed by atoms with Crippen LogP contribution in [-0.2, 0) is 16.1 Å². The smallest absolute Gasteiger partial charge is 0.265 e. The van der Waals surface area contributed by atoms with Gasteiger partial charge >= 0.3 is 0 Å². The Labute approximate surface area is 154 Å². The van der Waals surface area contributed by atoms with Crippen molar-refractivity contribution >= 4 is 46.6 Å². The number of anilines is 2. The zero-order chi connectivity index (χ0) is 17.4. The molecule has 0 saturated heterocycles. The van der Waals surface area contributed by atoms with Gasteiger partial charge in [0, 0.05) is 28.2 Å². The van der Waals surface area contributed by atoms with E-state index in [0.717, 1.165) is 21.8 Å². The zero-order valence-electron chi connectivity index (χ0n) is 13.3. The molecule has 0 atom stereocenters. The molecule has 128 valence electrons. The molecule has 7 heteroatoms.